The molecule has 2 fully saturated rings. The number of esters is 1. The molecule has 5 heteroatoms. The van der Waals surface area contributed by atoms with Crippen LogP contribution in [0.25, 0.3) is 0 Å². The molecule has 2 atom stereocenters. The van der Waals surface area contributed by atoms with E-state index in [9.17, 15) is 9.59 Å². The highest BCUT2D eigenvalue weighted by Gasteiger charge is 2.75. The van der Waals surface area contributed by atoms with Gasteiger partial charge in [0.25, 0.3) is 5.91 Å². The summed E-state index contributed by atoms with van der Waals surface area (Å²) in [6, 6.07) is 3.56. The van der Waals surface area contributed by atoms with Crippen LogP contribution in [0.5, 0.6) is 0 Å². The van der Waals surface area contributed by atoms with E-state index in [1.54, 1.807) is 18.4 Å². The van der Waals surface area contributed by atoms with Crippen molar-refractivity contribution >= 4 is 11.9 Å². The topological polar surface area (TPSA) is 68.5 Å². The molecule has 20 heavy (non-hydrogen) atoms. The fraction of sp³-hybridized carbons (Fsp3) is 0.600. The number of hydrogen-bond acceptors (Lipinski definition) is 4. The van der Waals surface area contributed by atoms with Crippen molar-refractivity contribution in [1.29, 1.82) is 0 Å². The van der Waals surface area contributed by atoms with Gasteiger partial charge in [0, 0.05) is 5.41 Å². The van der Waals surface area contributed by atoms with Gasteiger partial charge in [-0.1, -0.05) is 13.8 Å². The monoisotopic (exact) mass is 277 g/mol. The Hall–Kier alpha value is -1.78. The lowest BCUT2D eigenvalue weighted by atomic mass is 9.66. The Kier molecular flexibility index (Phi) is 2.56. The second kappa shape index (κ2) is 3.87. The third kappa shape index (κ3) is 1.38. The number of ether oxygens (including phenoxy) is 1. The molecule has 2 aliphatic rings. The van der Waals surface area contributed by atoms with Crippen molar-refractivity contribution in [2.75, 3.05) is 0 Å². The number of carbonyl (C=O) groups is 2. The Morgan fingerprint density at radius 1 is 1.35 bits per heavy atom. The maximum Gasteiger partial charge on any atom is 0.313 e. The summed E-state index contributed by atoms with van der Waals surface area (Å²) in [5.74, 6) is 0.188. The fourth-order valence-electron chi connectivity index (χ4n) is 3.47. The van der Waals surface area contributed by atoms with Crippen LogP contribution in [-0.4, -0.2) is 17.5 Å². The molecule has 1 N–H and O–H groups in total. The molecule has 0 aromatic carbocycles. The maximum absolute atomic E-state index is 12.6. The number of nitrogens with one attached hydrogen (secondary N) is 1. The number of rotatable bonds is 3. The van der Waals surface area contributed by atoms with E-state index in [0.717, 1.165) is 0 Å². The van der Waals surface area contributed by atoms with E-state index in [0.29, 0.717) is 25.1 Å². The van der Waals surface area contributed by atoms with Gasteiger partial charge in [0.1, 0.15) is 5.76 Å². The minimum atomic E-state index is -1.05. The van der Waals surface area contributed by atoms with Gasteiger partial charge in [-0.2, -0.15) is 0 Å². The number of furan rings is 1. The highest BCUT2D eigenvalue weighted by atomic mass is 16.6. The minimum absolute atomic E-state index is 0.228. The zero-order valence-corrected chi connectivity index (χ0v) is 12.0. The Balaban J connectivity index is 1.82. The third-order valence-electron chi connectivity index (χ3n) is 5.45. The lowest BCUT2D eigenvalue weighted by molar-refractivity contribution is -0.168. The van der Waals surface area contributed by atoms with Crippen molar-refractivity contribution in [3.8, 4) is 0 Å². The Morgan fingerprint density at radius 2 is 2.10 bits per heavy atom. The Labute approximate surface area is 117 Å². The first kappa shape index (κ1) is 13.2. The van der Waals surface area contributed by atoms with Gasteiger partial charge >= 0.3 is 5.97 Å². The molecular formula is C15H19NO4. The van der Waals surface area contributed by atoms with Gasteiger partial charge in [-0.15, -0.1) is 0 Å². The lowest BCUT2D eigenvalue weighted by Crippen LogP contribution is -2.53. The van der Waals surface area contributed by atoms with Crippen molar-refractivity contribution in [3.63, 3.8) is 0 Å². The summed E-state index contributed by atoms with van der Waals surface area (Å²) in [5.41, 5.74) is -2.13. The molecule has 2 heterocycles. The van der Waals surface area contributed by atoms with Crippen LogP contribution in [0.15, 0.2) is 22.8 Å². The summed E-state index contributed by atoms with van der Waals surface area (Å²) in [4.78, 5) is 24.7. The van der Waals surface area contributed by atoms with E-state index < -0.39 is 16.4 Å². The number of amides is 1. The number of carbonyl (C=O) groups excluding carboxylic acids is 2. The number of fused-ring (bicyclic) bond motifs is 2. The molecule has 1 amide bonds. The average Bonchev–Trinajstić information content (AvgIpc) is 3.01. The van der Waals surface area contributed by atoms with Crippen LogP contribution in [0.3, 0.4) is 0 Å². The van der Waals surface area contributed by atoms with E-state index in [2.05, 4.69) is 5.32 Å². The molecule has 1 aromatic rings. The van der Waals surface area contributed by atoms with E-state index in [-0.39, 0.29) is 11.9 Å². The molecule has 5 nitrogen and oxygen atoms in total. The molecule has 1 aliphatic heterocycles. The van der Waals surface area contributed by atoms with Gasteiger partial charge in [0.2, 0.25) is 0 Å². The SMILES string of the molecule is CC1(C)[C@]2(C)CC[C@]1(C(=O)NCc1ccco1)OC2=O. The van der Waals surface area contributed by atoms with Gasteiger partial charge in [-0.05, 0) is 31.9 Å². The van der Waals surface area contributed by atoms with Crippen molar-refractivity contribution < 1.29 is 18.7 Å². The molecular weight excluding hydrogens is 258 g/mol. The van der Waals surface area contributed by atoms with Crippen molar-refractivity contribution in [3.05, 3.63) is 24.2 Å². The van der Waals surface area contributed by atoms with Gasteiger partial charge in [0.15, 0.2) is 5.60 Å². The van der Waals surface area contributed by atoms with Gasteiger partial charge in [-0.25, -0.2) is 0 Å². The quantitative estimate of drug-likeness (QED) is 0.858. The Morgan fingerprint density at radius 3 is 2.60 bits per heavy atom. The lowest BCUT2D eigenvalue weighted by Gasteiger charge is -2.35. The summed E-state index contributed by atoms with van der Waals surface area (Å²) >= 11 is 0. The zero-order chi connectivity index (χ0) is 14.6. The largest absolute Gasteiger partial charge is 0.467 e. The average molecular weight is 277 g/mol. The normalized spacial score (nSPS) is 34.0. The molecule has 1 aliphatic carbocycles. The highest BCUT2D eigenvalue weighted by molar-refractivity contribution is 5.96. The van der Waals surface area contributed by atoms with E-state index in [1.807, 2.05) is 20.8 Å². The van der Waals surface area contributed by atoms with Crippen molar-refractivity contribution in [1.82, 2.24) is 5.32 Å². The molecule has 0 radical (unpaired) electrons. The van der Waals surface area contributed by atoms with Crippen molar-refractivity contribution in [2.24, 2.45) is 10.8 Å². The first-order valence-corrected chi connectivity index (χ1v) is 6.88. The van der Waals surface area contributed by atoms with Crippen LogP contribution >= 0.6 is 0 Å². The molecule has 0 unspecified atom stereocenters. The molecule has 1 saturated carbocycles. The standard InChI is InChI=1S/C15H19NO4/c1-13(2)14(3)6-7-15(13,20-12(14)18)11(17)16-9-10-5-4-8-19-10/h4-5,8H,6-7,9H2,1-3H3,(H,16,17)/t14-,15-/m1/s1. The zero-order valence-electron chi connectivity index (χ0n) is 12.0. The first-order valence-electron chi connectivity index (χ1n) is 6.88. The summed E-state index contributed by atoms with van der Waals surface area (Å²) in [5, 5.41) is 2.83. The Bertz CT molecular complexity index is 562. The molecule has 3 rings (SSSR count). The minimum Gasteiger partial charge on any atom is -0.467 e. The second-order valence-corrected chi connectivity index (χ2v) is 6.44. The van der Waals surface area contributed by atoms with Crippen LogP contribution in [0.1, 0.15) is 39.4 Å². The smallest absolute Gasteiger partial charge is 0.313 e. The molecule has 0 spiro atoms. The van der Waals surface area contributed by atoms with Crippen LogP contribution in [0.2, 0.25) is 0 Å². The van der Waals surface area contributed by atoms with Crippen LogP contribution in [-0.2, 0) is 20.9 Å². The first-order chi connectivity index (χ1) is 9.33. The van der Waals surface area contributed by atoms with Crippen LogP contribution < -0.4 is 5.32 Å². The number of hydrogen-bond donors (Lipinski definition) is 1. The van der Waals surface area contributed by atoms with E-state index in [4.69, 9.17) is 9.15 Å². The highest BCUT2D eigenvalue weighted by Crippen LogP contribution is 2.65. The molecule has 108 valence electrons. The predicted octanol–water partition coefficient (Wildman–Crippen LogP) is 2.02. The van der Waals surface area contributed by atoms with Gasteiger partial charge < -0.3 is 14.5 Å². The van der Waals surface area contributed by atoms with Gasteiger partial charge in [0.05, 0.1) is 18.2 Å². The van der Waals surface area contributed by atoms with Crippen molar-refractivity contribution in [2.45, 2.75) is 45.8 Å². The summed E-state index contributed by atoms with van der Waals surface area (Å²) < 4.78 is 10.7. The third-order valence-corrected chi connectivity index (χ3v) is 5.45. The van der Waals surface area contributed by atoms with Crippen LogP contribution in [0.4, 0.5) is 0 Å². The fourth-order valence-corrected chi connectivity index (χ4v) is 3.47. The summed E-state index contributed by atoms with van der Waals surface area (Å²) in [7, 11) is 0. The van der Waals surface area contributed by atoms with Gasteiger partial charge in [-0.3, -0.25) is 9.59 Å². The summed E-state index contributed by atoms with van der Waals surface area (Å²) in [6.07, 6.45) is 2.82. The second-order valence-electron chi connectivity index (χ2n) is 6.44. The van der Waals surface area contributed by atoms with Crippen LogP contribution in [0, 0.1) is 10.8 Å². The predicted molar refractivity (Wildman–Crippen MR) is 70.5 cm³/mol. The molecule has 2 bridgehead atoms. The molecule has 1 saturated heterocycles. The summed E-state index contributed by atoms with van der Waals surface area (Å²) in [6.45, 7) is 6.08. The van der Waals surface area contributed by atoms with E-state index in [1.165, 1.54) is 0 Å². The van der Waals surface area contributed by atoms with E-state index >= 15 is 0 Å². The molecule has 1 aromatic heterocycles. The maximum atomic E-state index is 12.6.